The van der Waals surface area contributed by atoms with E-state index in [1.807, 2.05) is 0 Å². The van der Waals surface area contributed by atoms with Crippen molar-refractivity contribution in [3.05, 3.63) is 34.9 Å². The molecular formula is C31H33ClF3N7OS. The quantitative estimate of drug-likeness (QED) is 0.276. The highest BCUT2D eigenvalue weighted by Crippen LogP contribution is 2.45. The van der Waals surface area contributed by atoms with Crippen molar-refractivity contribution >= 4 is 55.0 Å². The molecule has 8 rings (SSSR count). The summed E-state index contributed by atoms with van der Waals surface area (Å²) in [7, 11) is 0. The van der Waals surface area contributed by atoms with Crippen LogP contribution in [0.25, 0.3) is 32.2 Å². The Hall–Kier alpha value is -2.93. The number of aromatic nitrogens is 3. The standard InChI is InChI=1S/C31H33ClF3N7OS/c32-20-11-19-24(23(35)22(20)18-3-4-21(34)26-25(18)38-28(36)44-26)39-29(43-16-31-6-2-10-42(31)13-17(33)12-31)40-27(19)41-9-1-5-30(15-41)7-8-37-14-30/h3-4,11,17,37H,1-2,5-10,12-16H2,(H2,36,38)/t17-,30?,31+/m1/s1. The molecule has 0 amide bonds. The lowest BCUT2D eigenvalue weighted by Crippen LogP contribution is -2.45. The second-order valence-electron chi connectivity index (χ2n) is 12.9. The van der Waals surface area contributed by atoms with E-state index in [0.29, 0.717) is 29.7 Å². The van der Waals surface area contributed by atoms with Crippen LogP contribution in [0.1, 0.15) is 38.5 Å². The van der Waals surface area contributed by atoms with Gasteiger partial charge in [-0.3, -0.25) is 4.90 Å². The smallest absolute Gasteiger partial charge is 0.319 e. The van der Waals surface area contributed by atoms with Gasteiger partial charge in [0.05, 0.1) is 20.8 Å². The van der Waals surface area contributed by atoms with E-state index in [2.05, 4.69) is 25.1 Å². The molecule has 13 heteroatoms. The first-order valence-corrected chi connectivity index (χ1v) is 16.5. The molecule has 232 valence electrons. The molecule has 44 heavy (non-hydrogen) atoms. The molecule has 4 saturated heterocycles. The number of fused-ring (bicyclic) bond motifs is 3. The number of rotatable bonds is 5. The van der Waals surface area contributed by atoms with E-state index in [9.17, 15) is 8.78 Å². The average Bonchev–Trinajstić information content (AvgIpc) is 3.77. The second-order valence-corrected chi connectivity index (χ2v) is 14.4. The second kappa shape index (κ2) is 10.6. The number of thiazole rings is 1. The molecular weight excluding hydrogens is 611 g/mol. The SMILES string of the molecule is Nc1nc2c(-c3c(Cl)cc4c(N5CCCC6(CCNC6)C5)nc(OC[C@@]56CCCN5C[C@H](F)C6)nc4c3F)ccc(F)c2s1. The van der Waals surface area contributed by atoms with Gasteiger partial charge in [-0.1, -0.05) is 22.9 Å². The van der Waals surface area contributed by atoms with E-state index < -0.39 is 23.3 Å². The van der Waals surface area contributed by atoms with Crippen LogP contribution in [-0.2, 0) is 0 Å². The molecule has 4 aliphatic rings. The molecule has 2 aromatic carbocycles. The Morgan fingerprint density at radius 2 is 1.98 bits per heavy atom. The molecule has 3 atom stereocenters. The number of nitrogens with one attached hydrogen (secondary N) is 1. The first-order valence-electron chi connectivity index (χ1n) is 15.3. The number of hydrogen-bond acceptors (Lipinski definition) is 9. The number of hydrogen-bond donors (Lipinski definition) is 2. The molecule has 0 saturated carbocycles. The Morgan fingerprint density at radius 1 is 1.11 bits per heavy atom. The maximum Gasteiger partial charge on any atom is 0.319 e. The maximum atomic E-state index is 16.8. The van der Waals surface area contributed by atoms with Gasteiger partial charge in [-0.15, -0.1) is 0 Å². The molecule has 0 bridgehead atoms. The van der Waals surface area contributed by atoms with Gasteiger partial charge in [0.1, 0.15) is 29.9 Å². The number of nitrogen functional groups attached to an aromatic ring is 1. The number of benzene rings is 2. The van der Waals surface area contributed by atoms with Crippen LogP contribution in [0.15, 0.2) is 18.2 Å². The Morgan fingerprint density at radius 3 is 2.82 bits per heavy atom. The fourth-order valence-electron chi connectivity index (χ4n) is 8.09. The monoisotopic (exact) mass is 643 g/mol. The van der Waals surface area contributed by atoms with Crippen molar-refractivity contribution in [3.63, 3.8) is 0 Å². The van der Waals surface area contributed by atoms with Crippen molar-refractivity contribution < 1.29 is 17.9 Å². The third-order valence-corrected chi connectivity index (χ3v) is 11.3. The third kappa shape index (κ3) is 4.59. The molecule has 8 nitrogen and oxygen atoms in total. The summed E-state index contributed by atoms with van der Waals surface area (Å²) in [4.78, 5) is 18.1. The number of ether oxygens (including phenoxy) is 1. The number of piperidine rings is 1. The number of halogens is 4. The summed E-state index contributed by atoms with van der Waals surface area (Å²) in [5.41, 5.74) is 6.32. The molecule has 4 aliphatic heterocycles. The lowest BCUT2D eigenvalue weighted by atomic mass is 9.79. The summed E-state index contributed by atoms with van der Waals surface area (Å²) in [6, 6.07) is 4.48. The van der Waals surface area contributed by atoms with E-state index in [-0.39, 0.29) is 49.5 Å². The van der Waals surface area contributed by atoms with Crippen molar-refractivity contribution in [1.82, 2.24) is 25.2 Å². The summed E-state index contributed by atoms with van der Waals surface area (Å²) in [6.45, 7) is 4.89. The van der Waals surface area contributed by atoms with Gasteiger partial charge in [-0.25, -0.2) is 18.2 Å². The molecule has 6 heterocycles. The predicted octanol–water partition coefficient (Wildman–Crippen LogP) is 5.96. The largest absolute Gasteiger partial charge is 0.461 e. The maximum absolute atomic E-state index is 16.8. The zero-order valence-corrected chi connectivity index (χ0v) is 25.7. The summed E-state index contributed by atoms with van der Waals surface area (Å²) in [5, 5.41) is 4.30. The van der Waals surface area contributed by atoms with Crippen molar-refractivity contribution in [3.8, 4) is 17.1 Å². The van der Waals surface area contributed by atoms with E-state index in [1.54, 1.807) is 6.07 Å². The summed E-state index contributed by atoms with van der Waals surface area (Å²) < 4.78 is 52.4. The van der Waals surface area contributed by atoms with Crippen LogP contribution in [0.5, 0.6) is 6.01 Å². The lowest BCUT2D eigenvalue weighted by molar-refractivity contribution is 0.107. The topological polar surface area (TPSA) is 92.4 Å². The van der Waals surface area contributed by atoms with Gasteiger partial charge >= 0.3 is 6.01 Å². The van der Waals surface area contributed by atoms with Gasteiger partial charge in [0.2, 0.25) is 0 Å². The van der Waals surface area contributed by atoms with Crippen LogP contribution < -0.4 is 20.7 Å². The van der Waals surface area contributed by atoms with E-state index in [4.69, 9.17) is 27.1 Å². The third-order valence-electron chi connectivity index (χ3n) is 10.1. The minimum Gasteiger partial charge on any atom is -0.461 e. The fourth-order valence-corrected chi connectivity index (χ4v) is 9.14. The molecule has 4 aromatic rings. The lowest BCUT2D eigenvalue weighted by Gasteiger charge is -2.41. The van der Waals surface area contributed by atoms with Crippen LogP contribution in [0, 0.1) is 17.0 Å². The van der Waals surface area contributed by atoms with E-state index >= 15 is 4.39 Å². The van der Waals surface area contributed by atoms with Gasteiger partial charge in [-0.05, 0) is 63.4 Å². The minimum absolute atomic E-state index is 0.0505. The van der Waals surface area contributed by atoms with E-state index in [1.165, 1.54) is 12.1 Å². The van der Waals surface area contributed by atoms with Crippen molar-refractivity contribution in [2.24, 2.45) is 5.41 Å². The minimum atomic E-state index is -0.897. The molecule has 4 fully saturated rings. The number of anilines is 2. The first-order chi connectivity index (χ1) is 21.2. The zero-order valence-electron chi connectivity index (χ0n) is 24.1. The van der Waals surface area contributed by atoms with Crippen LogP contribution in [0.4, 0.5) is 24.1 Å². The van der Waals surface area contributed by atoms with Crippen LogP contribution in [0.3, 0.4) is 0 Å². The molecule has 2 aromatic heterocycles. The summed E-state index contributed by atoms with van der Waals surface area (Å²) in [6.07, 6.45) is 4.48. The van der Waals surface area contributed by atoms with Gasteiger partial charge in [0, 0.05) is 54.5 Å². The highest BCUT2D eigenvalue weighted by molar-refractivity contribution is 7.22. The summed E-state index contributed by atoms with van der Waals surface area (Å²) >= 11 is 7.84. The Labute approximate surface area is 261 Å². The normalized spacial score (nSPS) is 27.3. The van der Waals surface area contributed by atoms with Crippen molar-refractivity contribution in [1.29, 1.82) is 0 Å². The molecule has 1 spiro atoms. The molecule has 0 aliphatic carbocycles. The first kappa shape index (κ1) is 28.5. The van der Waals surface area contributed by atoms with Crippen LogP contribution in [-0.4, -0.2) is 77.4 Å². The highest BCUT2D eigenvalue weighted by Gasteiger charge is 2.49. The molecule has 3 N–H and O–H groups in total. The predicted molar refractivity (Wildman–Crippen MR) is 167 cm³/mol. The highest BCUT2D eigenvalue weighted by atomic mass is 35.5. The Kier molecular flexibility index (Phi) is 6.86. The number of alkyl halides is 1. The zero-order chi connectivity index (χ0) is 30.2. The Bertz CT molecular complexity index is 1780. The Balaban J connectivity index is 1.26. The average molecular weight is 644 g/mol. The van der Waals surface area contributed by atoms with E-state index in [0.717, 1.165) is 76.2 Å². The fraction of sp³-hybridized carbons (Fsp3) is 0.516. The van der Waals surface area contributed by atoms with Gasteiger partial charge in [0.15, 0.2) is 10.9 Å². The van der Waals surface area contributed by atoms with Gasteiger partial charge < -0.3 is 20.7 Å². The number of nitrogens with zero attached hydrogens (tertiary/aromatic N) is 5. The van der Waals surface area contributed by atoms with Crippen LogP contribution in [0.2, 0.25) is 5.02 Å². The number of nitrogens with two attached hydrogens (primary N) is 1. The molecule has 0 radical (unpaired) electrons. The van der Waals surface area contributed by atoms with Gasteiger partial charge in [0.25, 0.3) is 0 Å². The van der Waals surface area contributed by atoms with Crippen LogP contribution >= 0.6 is 22.9 Å². The summed E-state index contributed by atoms with van der Waals surface area (Å²) in [5.74, 6) is -0.583. The van der Waals surface area contributed by atoms with Gasteiger partial charge in [-0.2, -0.15) is 9.97 Å². The van der Waals surface area contributed by atoms with Crippen molar-refractivity contribution in [2.75, 3.05) is 56.5 Å². The van der Waals surface area contributed by atoms with Crippen molar-refractivity contribution in [2.45, 2.75) is 50.2 Å². The molecule has 1 unspecified atom stereocenters.